The fraction of sp³-hybridized carbons (Fsp3) is 0.417. The second kappa shape index (κ2) is 4.87. The Kier molecular flexibility index (Phi) is 3.97. The van der Waals surface area contributed by atoms with Crippen LogP contribution < -0.4 is 5.32 Å². The number of benzene rings is 1. The smallest absolute Gasteiger partial charge is 0.412 e. The third-order valence-corrected chi connectivity index (χ3v) is 2.33. The van der Waals surface area contributed by atoms with Crippen molar-refractivity contribution in [3.8, 4) is 0 Å². The van der Waals surface area contributed by atoms with Gasteiger partial charge in [-0.1, -0.05) is 22.0 Å². The van der Waals surface area contributed by atoms with Crippen LogP contribution in [0.5, 0.6) is 0 Å². The molecular formula is C12H16BrNO2. The fourth-order valence-corrected chi connectivity index (χ4v) is 1.50. The number of halogens is 1. The monoisotopic (exact) mass is 285 g/mol. The molecule has 0 heterocycles. The van der Waals surface area contributed by atoms with Gasteiger partial charge in [0.05, 0.1) is 0 Å². The van der Waals surface area contributed by atoms with Crippen LogP contribution in [0.1, 0.15) is 26.3 Å². The van der Waals surface area contributed by atoms with Crippen molar-refractivity contribution in [2.75, 3.05) is 5.32 Å². The van der Waals surface area contributed by atoms with Gasteiger partial charge in [-0.2, -0.15) is 0 Å². The number of carbonyl (C=O) groups is 1. The Bertz CT molecular complexity index is 396. The first-order valence-corrected chi connectivity index (χ1v) is 5.83. The van der Waals surface area contributed by atoms with E-state index in [4.69, 9.17) is 4.74 Å². The zero-order chi connectivity index (χ0) is 12.3. The van der Waals surface area contributed by atoms with Crippen molar-refractivity contribution in [1.82, 2.24) is 0 Å². The largest absolute Gasteiger partial charge is 0.444 e. The second-order valence-corrected chi connectivity index (χ2v) is 5.50. The maximum Gasteiger partial charge on any atom is 0.412 e. The van der Waals surface area contributed by atoms with E-state index in [1.807, 2.05) is 45.9 Å². The maximum absolute atomic E-state index is 11.5. The summed E-state index contributed by atoms with van der Waals surface area (Å²) in [6, 6.07) is 5.70. The number of rotatable bonds is 1. The third kappa shape index (κ3) is 4.23. The fourth-order valence-electron chi connectivity index (χ4n) is 1.14. The Morgan fingerprint density at radius 1 is 1.38 bits per heavy atom. The molecule has 0 aliphatic rings. The summed E-state index contributed by atoms with van der Waals surface area (Å²) in [7, 11) is 0. The van der Waals surface area contributed by atoms with Gasteiger partial charge >= 0.3 is 6.09 Å². The standard InChI is InChI=1S/C12H16BrNO2/c1-8-5-6-9(13)7-10(8)14-11(15)16-12(2,3)4/h5-7H,1-4H3,(H,14,15). The molecule has 1 aromatic carbocycles. The van der Waals surface area contributed by atoms with Gasteiger partial charge in [0.1, 0.15) is 5.60 Å². The van der Waals surface area contributed by atoms with Crippen LogP contribution in [0.3, 0.4) is 0 Å². The molecule has 0 aliphatic heterocycles. The van der Waals surface area contributed by atoms with Crippen LogP contribution in [0.4, 0.5) is 10.5 Å². The van der Waals surface area contributed by atoms with Gasteiger partial charge in [-0.3, -0.25) is 5.32 Å². The van der Waals surface area contributed by atoms with E-state index in [9.17, 15) is 4.79 Å². The number of aryl methyl sites for hydroxylation is 1. The topological polar surface area (TPSA) is 38.3 Å². The van der Waals surface area contributed by atoms with E-state index < -0.39 is 11.7 Å². The second-order valence-electron chi connectivity index (χ2n) is 4.59. The molecule has 88 valence electrons. The summed E-state index contributed by atoms with van der Waals surface area (Å²) in [5.74, 6) is 0. The quantitative estimate of drug-likeness (QED) is 0.843. The van der Waals surface area contributed by atoms with Gasteiger partial charge in [0.2, 0.25) is 0 Å². The van der Waals surface area contributed by atoms with Gasteiger partial charge in [0.25, 0.3) is 0 Å². The van der Waals surface area contributed by atoms with Gasteiger partial charge in [-0.15, -0.1) is 0 Å². The van der Waals surface area contributed by atoms with Crippen LogP contribution in [0, 0.1) is 6.92 Å². The summed E-state index contributed by atoms with van der Waals surface area (Å²) < 4.78 is 6.09. The highest BCUT2D eigenvalue weighted by atomic mass is 79.9. The molecule has 0 saturated carbocycles. The first-order valence-electron chi connectivity index (χ1n) is 5.04. The predicted molar refractivity (Wildman–Crippen MR) is 68.7 cm³/mol. The van der Waals surface area contributed by atoms with Gasteiger partial charge in [-0.05, 0) is 45.4 Å². The molecule has 1 amide bonds. The molecule has 0 bridgehead atoms. The summed E-state index contributed by atoms with van der Waals surface area (Å²) in [5, 5.41) is 2.72. The van der Waals surface area contributed by atoms with E-state index in [1.165, 1.54) is 0 Å². The Morgan fingerprint density at radius 2 is 2.00 bits per heavy atom. The van der Waals surface area contributed by atoms with Crippen LogP contribution in [-0.2, 0) is 4.74 Å². The van der Waals surface area contributed by atoms with Crippen molar-refractivity contribution in [2.45, 2.75) is 33.3 Å². The summed E-state index contributed by atoms with van der Waals surface area (Å²) in [6.45, 7) is 7.43. The van der Waals surface area contributed by atoms with Crippen molar-refractivity contribution in [3.63, 3.8) is 0 Å². The van der Waals surface area contributed by atoms with E-state index in [2.05, 4.69) is 21.2 Å². The number of carbonyl (C=O) groups excluding carboxylic acids is 1. The molecule has 1 rings (SSSR count). The predicted octanol–water partition coefficient (Wildman–Crippen LogP) is 4.10. The zero-order valence-corrected chi connectivity index (χ0v) is 11.5. The van der Waals surface area contributed by atoms with Gasteiger partial charge in [0.15, 0.2) is 0 Å². The van der Waals surface area contributed by atoms with Gasteiger partial charge in [0, 0.05) is 10.2 Å². The highest BCUT2D eigenvalue weighted by Gasteiger charge is 2.16. The number of nitrogens with one attached hydrogen (secondary N) is 1. The Balaban J connectivity index is 2.73. The number of hydrogen-bond acceptors (Lipinski definition) is 2. The molecule has 1 aromatic rings. The van der Waals surface area contributed by atoms with Crippen molar-refractivity contribution in [3.05, 3.63) is 28.2 Å². The Labute approximate surface area is 104 Å². The number of anilines is 1. The summed E-state index contributed by atoms with van der Waals surface area (Å²) >= 11 is 3.36. The average Bonchev–Trinajstić information content (AvgIpc) is 2.08. The molecule has 16 heavy (non-hydrogen) atoms. The van der Waals surface area contributed by atoms with Crippen molar-refractivity contribution >= 4 is 27.7 Å². The lowest BCUT2D eigenvalue weighted by atomic mass is 10.2. The SMILES string of the molecule is Cc1ccc(Br)cc1NC(=O)OC(C)(C)C. The molecule has 0 radical (unpaired) electrons. The van der Waals surface area contributed by atoms with E-state index in [1.54, 1.807) is 0 Å². The van der Waals surface area contributed by atoms with Crippen LogP contribution in [0.15, 0.2) is 22.7 Å². The molecule has 0 unspecified atom stereocenters. The minimum absolute atomic E-state index is 0.436. The molecule has 1 N–H and O–H groups in total. The average molecular weight is 286 g/mol. The first-order chi connectivity index (χ1) is 7.28. The molecule has 0 aliphatic carbocycles. The van der Waals surface area contributed by atoms with E-state index in [-0.39, 0.29) is 0 Å². The molecule has 3 nitrogen and oxygen atoms in total. The lowest BCUT2D eigenvalue weighted by Gasteiger charge is -2.20. The molecule has 0 atom stereocenters. The Hall–Kier alpha value is -1.03. The van der Waals surface area contributed by atoms with E-state index >= 15 is 0 Å². The van der Waals surface area contributed by atoms with Crippen LogP contribution in [0.2, 0.25) is 0 Å². The molecule has 0 aromatic heterocycles. The lowest BCUT2D eigenvalue weighted by molar-refractivity contribution is 0.0636. The Morgan fingerprint density at radius 3 is 2.56 bits per heavy atom. The summed E-state index contributed by atoms with van der Waals surface area (Å²) in [6.07, 6.45) is -0.436. The number of ether oxygens (including phenoxy) is 1. The molecule has 0 saturated heterocycles. The van der Waals surface area contributed by atoms with Gasteiger partial charge in [-0.25, -0.2) is 4.79 Å². The van der Waals surface area contributed by atoms with Crippen molar-refractivity contribution < 1.29 is 9.53 Å². The van der Waals surface area contributed by atoms with Crippen LogP contribution in [0.25, 0.3) is 0 Å². The van der Waals surface area contributed by atoms with Crippen LogP contribution >= 0.6 is 15.9 Å². The molecule has 0 spiro atoms. The van der Waals surface area contributed by atoms with Crippen molar-refractivity contribution in [2.24, 2.45) is 0 Å². The number of hydrogen-bond donors (Lipinski definition) is 1. The minimum atomic E-state index is -0.482. The van der Waals surface area contributed by atoms with E-state index in [0.717, 1.165) is 15.7 Å². The lowest BCUT2D eigenvalue weighted by Crippen LogP contribution is -2.27. The summed E-state index contributed by atoms with van der Waals surface area (Å²) in [5.41, 5.74) is 1.27. The highest BCUT2D eigenvalue weighted by molar-refractivity contribution is 9.10. The highest BCUT2D eigenvalue weighted by Crippen LogP contribution is 2.21. The molecule has 0 fully saturated rings. The van der Waals surface area contributed by atoms with Crippen molar-refractivity contribution in [1.29, 1.82) is 0 Å². The van der Waals surface area contributed by atoms with Gasteiger partial charge < -0.3 is 4.74 Å². The normalized spacial score (nSPS) is 11.1. The maximum atomic E-state index is 11.5. The first kappa shape index (κ1) is 13.0. The van der Waals surface area contributed by atoms with E-state index in [0.29, 0.717) is 0 Å². The molecular weight excluding hydrogens is 270 g/mol. The summed E-state index contributed by atoms with van der Waals surface area (Å²) in [4.78, 5) is 11.5. The number of amides is 1. The van der Waals surface area contributed by atoms with Crippen LogP contribution in [-0.4, -0.2) is 11.7 Å². The third-order valence-electron chi connectivity index (χ3n) is 1.84. The zero-order valence-electron chi connectivity index (χ0n) is 9.93. The minimum Gasteiger partial charge on any atom is -0.444 e. The molecule has 4 heteroatoms.